The summed E-state index contributed by atoms with van der Waals surface area (Å²) in [6.07, 6.45) is 5.35. The van der Waals surface area contributed by atoms with Gasteiger partial charge < -0.3 is 14.8 Å². The molecule has 2 heterocycles. The van der Waals surface area contributed by atoms with Gasteiger partial charge >= 0.3 is 0 Å². The van der Waals surface area contributed by atoms with Crippen molar-refractivity contribution in [3.05, 3.63) is 42.1 Å². The highest BCUT2D eigenvalue weighted by Crippen LogP contribution is 2.16. The zero-order valence-corrected chi connectivity index (χ0v) is 13.9. The van der Waals surface area contributed by atoms with E-state index in [2.05, 4.69) is 28.5 Å². The molecule has 24 heavy (non-hydrogen) atoms. The molecular formula is C19H24N2O3. The van der Waals surface area contributed by atoms with E-state index in [1.54, 1.807) is 6.20 Å². The second kappa shape index (κ2) is 8.76. The lowest BCUT2D eigenvalue weighted by Crippen LogP contribution is -2.27. The second-order valence-electron chi connectivity index (χ2n) is 6.05. The molecule has 5 heteroatoms. The van der Waals surface area contributed by atoms with Gasteiger partial charge in [0.05, 0.1) is 24.8 Å². The first-order valence-electron chi connectivity index (χ1n) is 8.61. The van der Waals surface area contributed by atoms with Gasteiger partial charge in [-0.3, -0.25) is 9.78 Å². The molecule has 1 unspecified atom stereocenters. The van der Waals surface area contributed by atoms with Crippen molar-refractivity contribution in [1.29, 1.82) is 0 Å². The van der Waals surface area contributed by atoms with Crippen LogP contribution in [0.4, 0.5) is 0 Å². The Bertz CT molecular complexity index is 663. The summed E-state index contributed by atoms with van der Waals surface area (Å²) in [5.41, 5.74) is 2.16. The molecule has 1 aliphatic heterocycles. The molecule has 0 bridgehead atoms. The van der Waals surface area contributed by atoms with Gasteiger partial charge in [-0.15, -0.1) is 0 Å². The first kappa shape index (κ1) is 16.9. The number of pyridine rings is 1. The molecule has 1 aromatic heterocycles. The van der Waals surface area contributed by atoms with E-state index in [1.165, 1.54) is 0 Å². The Morgan fingerprint density at radius 1 is 1.33 bits per heavy atom. The van der Waals surface area contributed by atoms with Gasteiger partial charge in [0, 0.05) is 31.2 Å². The topological polar surface area (TPSA) is 60.5 Å². The van der Waals surface area contributed by atoms with Gasteiger partial charge in [-0.1, -0.05) is 24.3 Å². The largest absolute Gasteiger partial charge is 0.378 e. The number of amides is 1. The summed E-state index contributed by atoms with van der Waals surface area (Å²) in [5, 5.41) is 4.07. The lowest BCUT2D eigenvalue weighted by atomic mass is 10.1. The first-order valence-corrected chi connectivity index (χ1v) is 8.61. The zero-order valence-electron chi connectivity index (χ0n) is 13.9. The highest BCUT2D eigenvalue weighted by Gasteiger charge is 2.15. The van der Waals surface area contributed by atoms with Crippen LogP contribution in [0.15, 0.2) is 36.5 Å². The van der Waals surface area contributed by atoms with Crippen LogP contribution < -0.4 is 5.32 Å². The Balaban J connectivity index is 1.35. The molecule has 0 spiro atoms. The summed E-state index contributed by atoms with van der Waals surface area (Å²) < 4.78 is 11.0. The van der Waals surface area contributed by atoms with Gasteiger partial charge in [-0.2, -0.15) is 0 Å². The Morgan fingerprint density at radius 3 is 3.12 bits per heavy atom. The maximum Gasteiger partial charge on any atom is 0.222 e. The van der Waals surface area contributed by atoms with Crippen molar-refractivity contribution in [2.75, 3.05) is 26.4 Å². The summed E-state index contributed by atoms with van der Waals surface area (Å²) in [6.45, 7) is 2.48. The molecule has 0 saturated carbocycles. The number of ether oxygens (including phenoxy) is 2. The standard InChI is InChI=1S/C19H24N2O3/c22-18(9-13-23-14-17-7-3-12-24-17)20-11-8-16-5-1-4-15-6-2-10-21-19(15)16/h1-2,4-6,10,17H,3,7-9,11-14H2,(H,20,22). The SMILES string of the molecule is O=C(CCOCC1CCCO1)NCCc1cccc2cccnc12. The monoisotopic (exact) mass is 328 g/mol. The van der Waals surface area contributed by atoms with Gasteiger partial charge in [-0.25, -0.2) is 0 Å². The van der Waals surface area contributed by atoms with E-state index in [9.17, 15) is 4.79 Å². The van der Waals surface area contributed by atoms with Crippen LogP contribution in [0.1, 0.15) is 24.8 Å². The van der Waals surface area contributed by atoms with E-state index in [4.69, 9.17) is 9.47 Å². The van der Waals surface area contributed by atoms with Crippen LogP contribution in [0.3, 0.4) is 0 Å². The van der Waals surface area contributed by atoms with E-state index < -0.39 is 0 Å². The molecule has 1 fully saturated rings. The Morgan fingerprint density at radius 2 is 2.25 bits per heavy atom. The van der Waals surface area contributed by atoms with E-state index in [0.717, 1.165) is 42.3 Å². The molecule has 2 aromatic rings. The van der Waals surface area contributed by atoms with Crippen molar-refractivity contribution in [3.8, 4) is 0 Å². The number of para-hydroxylation sites is 1. The van der Waals surface area contributed by atoms with Crippen LogP contribution in [0.2, 0.25) is 0 Å². The first-order chi connectivity index (χ1) is 11.8. The zero-order chi connectivity index (χ0) is 16.6. The molecule has 1 aliphatic rings. The Kier molecular flexibility index (Phi) is 6.15. The van der Waals surface area contributed by atoms with Gasteiger partial charge in [0.25, 0.3) is 0 Å². The maximum atomic E-state index is 11.9. The van der Waals surface area contributed by atoms with Gasteiger partial charge in [0.1, 0.15) is 0 Å². The molecule has 1 N–H and O–H groups in total. The van der Waals surface area contributed by atoms with Crippen molar-refractivity contribution in [1.82, 2.24) is 10.3 Å². The van der Waals surface area contributed by atoms with Crippen LogP contribution >= 0.6 is 0 Å². The summed E-state index contributed by atoms with van der Waals surface area (Å²) >= 11 is 0. The molecule has 1 atom stereocenters. The van der Waals surface area contributed by atoms with Crippen LogP contribution in [0.25, 0.3) is 10.9 Å². The fourth-order valence-electron chi connectivity index (χ4n) is 2.95. The number of nitrogens with one attached hydrogen (secondary N) is 1. The number of nitrogens with zero attached hydrogens (tertiary/aromatic N) is 1. The van der Waals surface area contributed by atoms with Gasteiger partial charge in [-0.05, 0) is 30.9 Å². The minimum absolute atomic E-state index is 0.0236. The summed E-state index contributed by atoms with van der Waals surface area (Å²) in [5.74, 6) is 0.0236. The molecule has 1 saturated heterocycles. The molecule has 0 radical (unpaired) electrons. The molecule has 5 nitrogen and oxygen atoms in total. The summed E-state index contributed by atoms with van der Waals surface area (Å²) in [4.78, 5) is 16.3. The number of rotatable bonds is 8. The summed E-state index contributed by atoms with van der Waals surface area (Å²) in [7, 11) is 0. The van der Waals surface area contributed by atoms with Crippen molar-refractivity contribution in [2.45, 2.75) is 31.8 Å². The number of hydrogen-bond acceptors (Lipinski definition) is 4. The second-order valence-corrected chi connectivity index (χ2v) is 6.05. The predicted octanol–water partition coefficient (Wildman–Crippen LogP) is 2.48. The van der Waals surface area contributed by atoms with Crippen LogP contribution in [-0.4, -0.2) is 43.4 Å². The fourth-order valence-corrected chi connectivity index (χ4v) is 2.95. The van der Waals surface area contributed by atoms with Crippen molar-refractivity contribution in [2.24, 2.45) is 0 Å². The lowest BCUT2D eigenvalue weighted by Gasteiger charge is -2.10. The minimum Gasteiger partial charge on any atom is -0.378 e. The van der Waals surface area contributed by atoms with Crippen LogP contribution in [0, 0.1) is 0 Å². The highest BCUT2D eigenvalue weighted by atomic mass is 16.5. The highest BCUT2D eigenvalue weighted by molar-refractivity contribution is 5.81. The average Bonchev–Trinajstić information content (AvgIpc) is 3.12. The number of carbonyl (C=O) groups is 1. The molecule has 1 aromatic carbocycles. The lowest BCUT2D eigenvalue weighted by molar-refractivity contribution is -0.122. The van der Waals surface area contributed by atoms with E-state index in [-0.39, 0.29) is 12.0 Å². The van der Waals surface area contributed by atoms with Crippen LogP contribution in [-0.2, 0) is 20.7 Å². The maximum absolute atomic E-state index is 11.9. The van der Waals surface area contributed by atoms with Crippen molar-refractivity contribution >= 4 is 16.8 Å². The number of aromatic nitrogens is 1. The number of carbonyl (C=O) groups excluding carboxylic acids is 1. The molecule has 0 aliphatic carbocycles. The minimum atomic E-state index is 0.0236. The van der Waals surface area contributed by atoms with E-state index in [1.807, 2.05) is 12.1 Å². The number of fused-ring (bicyclic) bond motifs is 1. The van der Waals surface area contributed by atoms with E-state index in [0.29, 0.717) is 26.2 Å². The van der Waals surface area contributed by atoms with Gasteiger partial charge in [0.2, 0.25) is 5.91 Å². The Hall–Kier alpha value is -1.98. The molecular weight excluding hydrogens is 304 g/mol. The van der Waals surface area contributed by atoms with Crippen LogP contribution in [0.5, 0.6) is 0 Å². The smallest absolute Gasteiger partial charge is 0.222 e. The summed E-state index contributed by atoms with van der Waals surface area (Å²) in [6, 6.07) is 10.1. The van der Waals surface area contributed by atoms with Crippen molar-refractivity contribution in [3.63, 3.8) is 0 Å². The third-order valence-electron chi connectivity index (χ3n) is 4.23. The average molecular weight is 328 g/mol. The number of benzene rings is 1. The Labute approximate surface area is 142 Å². The molecule has 3 rings (SSSR count). The fraction of sp³-hybridized carbons (Fsp3) is 0.474. The molecule has 1 amide bonds. The molecule has 128 valence electrons. The number of hydrogen-bond donors (Lipinski definition) is 1. The third kappa shape index (κ3) is 4.76. The van der Waals surface area contributed by atoms with E-state index >= 15 is 0 Å². The van der Waals surface area contributed by atoms with Gasteiger partial charge in [0.15, 0.2) is 0 Å². The third-order valence-corrected chi connectivity index (χ3v) is 4.23. The predicted molar refractivity (Wildman–Crippen MR) is 92.9 cm³/mol. The normalized spacial score (nSPS) is 17.2. The quantitative estimate of drug-likeness (QED) is 0.756. The van der Waals surface area contributed by atoms with Crippen molar-refractivity contribution < 1.29 is 14.3 Å².